The standard InChI is InChI=1S/C41H27N3O/c1-3-11-26(12-4-1)41-42-35-22-19-27-23-29(20-21-30(27)40(35)45-41)44-37-18-10-8-16-32(37)34-24-38-33(25-39(34)44)31-15-7-9-17-36(31)43(38)28-13-5-2-6-14-28/h1-25,41-42H. The van der Waals surface area contributed by atoms with Gasteiger partial charge in [-0.15, -0.1) is 0 Å². The van der Waals surface area contributed by atoms with E-state index in [2.05, 4.69) is 148 Å². The molecule has 45 heavy (non-hydrogen) atoms. The number of benzene rings is 7. The molecule has 10 rings (SSSR count). The Morgan fingerprint density at radius 1 is 0.444 bits per heavy atom. The highest BCUT2D eigenvalue weighted by Gasteiger charge is 2.25. The van der Waals surface area contributed by atoms with E-state index in [0.29, 0.717) is 0 Å². The summed E-state index contributed by atoms with van der Waals surface area (Å²) in [7, 11) is 0. The van der Waals surface area contributed by atoms with Crippen LogP contribution in [0.1, 0.15) is 11.8 Å². The van der Waals surface area contributed by atoms with Crippen molar-refractivity contribution in [2.24, 2.45) is 0 Å². The molecular formula is C41H27N3O. The SMILES string of the molecule is c1ccc(C2Nc3ccc4cc(-n5c6ccccc6c6cc7c(cc65)c5ccccc5n7-c5ccccc5)ccc4c3O2)cc1. The molecule has 0 spiro atoms. The van der Waals surface area contributed by atoms with E-state index in [-0.39, 0.29) is 6.23 Å². The van der Waals surface area contributed by atoms with Gasteiger partial charge in [-0.2, -0.15) is 0 Å². The van der Waals surface area contributed by atoms with E-state index < -0.39 is 0 Å². The Bertz CT molecular complexity index is 2600. The summed E-state index contributed by atoms with van der Waals surface area (Å²) in [6.45, 7) is 0. The van der Waals surface area contributed by atoms with Crippen molar-refractivity contribution in [2.75, 3.05) is 5.32 Å². The third kappa shape index (κ3) is 3.54. The lowest BCUT2D eigenvalue weighted by atomic mass is 10.1. The van der Waals surface area contributed by atoms with Gasteiger partial charge >= 0.3 is 0 Å². The average molecular weight is 578 g/mol. The topological polar surface area (TPSA) is 31.1 Å². The molecule has 0 radical (unpaired) electrons. The van der Waals surface area contributed by atoms with Gasteiger partial charge < -0.3 is 19.2 Å². The van der Waals surface area contributed by atoms with Crippen LogP contribution in [0.15, 0.2) is 152 Å². The smallest absolute Gasteiger partial charge is 0.196 e. The molecule has 4 heteroatoms. The van der Waals surface area contributed by atoms with Crippen molar-refractivity contribution >= 4 is 60.1 Å². The van der Waals surface area contributed by atoms with Crippen molar-refractivity contribution in [3.63, 3.8) is 0 Å². The highest BCUT2D eigenvalue weighted by Crippen LogP contribution is 2.44. The summed E-state index contributed by atoms with van der Waals surface area (Å²) >= 11 is 0. The number of hydrogen-bond acceptors (Lipinski definition) is 2. The molecule has 0 bridgehead atoms. The predicted octanol–water partition coefficient (Wildman–Crippen LogP) is 10.5. The van der Waals surface area contributed by atoms with E-state index in [1.807, 2.05) is 18.2 Å². The zero-order valence-electron chi connectivity index (χ0n) is 24.3. The molecule has 4 nitrogen and oxygen atoms in total. The molecule has 1 atom stereocenters. The largest absolute Gasteiger partial charge is 0.464 e. The van der Waals surface area contributed by atoms with Crippen LogP contribution in [0.25, 0.3) is 65.8 Å². The molecule has 0 saturated heterocycles. The van der Waals surface area contributed by atoms with Gasteiger partial charge in [-0.25, -0.2) is 0 Å². The summed E-state index contributed by atoms with van der Waals surface area (Å²) in [5.74, 6) is 0.908. The Hall–Kier alpha value is -6.00. The number of nitrogens with one attached hydrogen (secondary N) is 1. The van der Waals surface area contributed by atoms with Crippen LogP contribution in [0.3, 0.4) is 0 Å². The average Bonchev–Trinajstić information content (AvgIpc) is 3.78. The second kappa shape index (κ2) is 9.25. The molecule has 212 valence electrons. The van der Waals surface area contributed by atoms with Gasteiger partial charge in [-0.05, 0) is 66.0 Å². The van der Waals surface area contributed by atoms with Crippen LogP contribution < -0.4 is 10.1 Å². The van der Waals surface area contributed by atoms with E-state index in [1.54, 1.807) is 0 Å². The van der Waals surface area contributed by atoms with Crippen molar-refractivity contribution in [3.05, 3.63) is 157 Å². The Balaban J connectivity index is 1.20. The molecule has 1 unspecified atom stereocenters. The molecule has 7 aromatic carbocycles. The summed E-state index contributed by atoms with van der Waals surface area (Å²) in [6, 6.07) is 54.3. The highest BCUT2D eigenvalue weighted by atomic mass is 16.5. The number of para-hydroxylation sites is 3. The van der Waals surface area contributed by atoms with E-state index in [4.69, 9.17) is 4.74 Å². The van der Waals surface area contributed by atoms with E-state index in [9.17, 15) is 0 Å². The van der Waals surface area contributed by atoms with Crippen LogP contribution in [0.2, 0.25) is 0 Å². The number of aromatic nitrogens is 2. The van der Waals surface area contributed by atoms with Crippen molar-refractivity contribution in [2.45, 2.75) is 6.23 Å². The monoisotopic (exact) mass is 577 g/mol. The van der Waals surface area contributed by atoms with Gasteiger partial charge in [0.1, 0.15) is 0 Å². The van der Waals surface area contributed by atoms with E-state index >= 15 is 0 Å². The number of anilines is 1. The summed E-state index contributed by atoms with van der Waals surface area (Å²) in [6.07, 6.45) is -0.191. The molecule has 2 aromatic heterocycles. The lowest BCUT2D eigenvalue weighted by Crippen LogP contribution is -2.09. The zero-order chi connectivity index (χ0) is 29.5. The fraction of sp³-hybridized carbons (Fsp3) is 0.0244. The third-order valence-electron chi connectivity index (χ3n) is 9.32. The quantitative estimate of drug-likeness (QED) is 0.226. The second-order valence-corrected chi connectivity index (χ2v) is 11.8. The number of nitrogens with zero attached hydrogens (tertiary/aromatic N) is 2. The van der Waals surface area contributed by atoms with Crippen LogP contribution in [-0.2, 0) is 0 Å². The Kier molecular flexibility index (Phi) is 5.02. The van der Waals surface area contributed by atoms with Crippen molar-refractivity contribution in [3.8, 4) is 17.1 Å². The summed E-state index contributed by atoms with van der Waals surface area (Å²) in [5.41, 5.74) is 9.25. The van der Waals surface area contributed by atoms with Gasteiger partial charge in [-0.3, -0.25) is 0 Å². The Morgan fingerprint density at radius 2 is 1.04 bits per heavy atom. The zero-order valence-corrected chi connectivity index (χ0v) is 24.3. The molecule has 9 aromatic rings. The number of fused-ring (bicyclic) bond motifs is 9. The Labute approximate surface area is 259 Å². The maximum absolute atomic E-state index is 6.48. The molecule has 1 aliphatic rings. The Morgan fingerprint density at radius 3 is 1.73 bits per heavy atom. The van der Waals surface area contributed by atoms with Crippen LogP contribution >= 0.6 is 0 Å². The van der Waals surface area contributed by atoms with Gasteiger partial charge in [-0.1, -0.05) is 91.0 Å². The van der Waals surface area contributed by atoms with Gasteiger partial charge in [0.25, 0.3) is 0 Å². The van der Waals surface area contributed by atoms with Crippen molar-refractivity contribution < 1.29 is 4.74 Å². The number of ether oxygens (including phenoxy) is 1. The molecule has 0 aliphatic carbocycles. The first kappa shape index (κ1) is 24.4. The molecule has 0 saturated carbocycles. The van der Waals surface area contributed by atoms with Crippen molar-refractivity contribution in [1.82, 2.24) is 9.13 Å². The first-order valence-electron chi connectivity index (χ1n) is 15.4. The summed E-state index contributed by atoms with van der Waals surface area (Å²) < 4.78 is 11.3. The lowest BCUT2D eigenvalue weighted by molar-refractivity contribution is 0.262. The second-order valence-electron chi connectivity index (χ2n) is 11.8. The number of rotatable bonds is 3. The molecule has 0 amide bonds. The fourth-order valence-corrected chi connectivity index (χ4v) is 7.30. The van der Waals surface area contributed by atoms with Gasteiger partial charge in [0, 0.05) is 43.9 Å². The molecular weight excluding hydrogens is 550 g/mol. The lowest BCUT2D eigenvalue weighted by Gasteiger charge is -2.12. The van der Waals surface area contributed by atoms with Crippen LogP contribution in [0.4, 0.5) is 5.69 Å². The summed E-state index contributed by atoms with van der Waals surface area (Å²) in [5, 5.41) is 10.8. The van der Waals surface area contributed by atoms with Gasteiger partial charge in [0.2, 0.25) is 0 Å². The van der Waals surface area contributed by atoms with E-state index in [1.165, 1.54) is 49.3 Å². The first-order valence-corrected chi connectivity index (χ1v) is 15.4. The molecule has 1 aliphatic heterocycles. The number of hydrogen-bond donors (Lipinski definition) is 1. The molecule has 1 N–H and O–H groups in total. The van der Waals surface area contributed by atoms with Gasteiger partial charge in [0.15, 0.2) is 12.0 Å². The maximum atomic E-state index is 6.48. The van der Waals surface area contributed by atoms with Gasteiger partial charge in [0.05, 0.1) is 27.8 Å². The third-order valence-corrected chi connectivity index (χ3v) is 9.32. The molecule has 3 heterocycles. The van der Waals surface area contributed by atoms with E-state index in [0.717, 1.165) is 33.5 Å². The minimum Gasteiger partial charge on any atom is -0.464 e. The molecule has 0 fully saturated rings. The first-order chi connectivity index (χ1) is 22.3. The van der Waals surface area contributed by atoms with Crippen molar-refractivity contribution in [1.29, 1.82) is 0 Å². The minimum atomic E-state index is -0.191. The summed E-state index contributed by atoms with van der Waals surface area (Å²) in [4.78, 5) is 0. The normalized spacial score (nSPS) is 14.4. The highest BCUT2D eigenvalue weighted by molar-refractivity contribution is 6.19. The van der Waals surface area contributed by atoms with Crippen LogP contribution in [0.5, 0.6) is 5.75 Å². The fourth-order valence-electron chi connectivity index (χ4n) is 7.30. The van der Waals surface area contributed by atoms with Crippen LogP contribution in [0, 0.1) is 0 Å². The van der Waals surface area contributed by atoms with Crippen LogP contribution in [-0.4, -0.2) is 9.13 Å². The predicted molar refractivity (Wildman–Crippen MR) is 186 cm³/mol. The maximum Gasteiger partial charge on any atom is 0.196 e. The minimum absolute atomic E-state index is 0.191.